The average molecular weight is 256 g/mol. The molecule has 19 heavy (non-hydrogen) atoms. The van der Waals surface area contributed by atoms with Crippen LogP contribution in [0.5, 0.6) is 0 Å². The summed E-state index contributed by atoms with van der Waals surface area (Å²) in [6.45, 7) is 1.99. The van der Waals surface area contributed by atoms with Crippen LogP contribution in [0.1, 0.15) is 17.4 Å². The minimum atomic E-state index is -0.521. The Morgan fingerprint density at radius 1 is 1.21 bits per heavy atom. The van der Waals surface area contributed by atoms with Gasteiger partial charge in [-0.15, -0.1) is 0 Å². The lowest BCUT2D eigenvalue weighted by Gasteiger charge is -2.01. The number of benzene rings is 1. The summed E-state index contributed by atoms with van der Waals surface area (Å²) in [7, 11) is 0. The number of aromatic amines is 2. The highest BCUT2D eigenvalue weighted by Crippen LogP contribution is 2.23. The van der Waals surface area contributed by atoms with E-state index in [1.54, 1.807) is 13.0 Å². The van der Waals surface area contributed by atoms with Crippen LogP contribution in [0.2, 0.25) is 0 Å². The van der Waals surface area contributed by atoms with Gasteiger partial charge in [-0.2, -0.15) is 0 Å². The van der Waals surface area contributed by atoms with Gasteiger partial charge in [-0.1, -0.05) is 18.2 Å². The quantitative estimate of drug-likeness (QED) is 0.690. The number of H-pyrrole nitrogens is 2. The van der Waals surface area contributed by atoms with Crippen molar-refractivity contribution in [1.82, 2.24) is 9.97 Å². The van der Waals surface area contributed by atoms with Crippen LogP contribution < -0.4 is 5.56 Å². The van der Waals surface area contributed by atoms with Crippen LogP contribution in [0.4, 0.5) is 0 Å². The monoisotopic (exact) mass is 256 g/mol. The Balaban J connectivity index is 2.32. The second kappa shape index (κ2) is 4.28. The molecule has 0 aliphatic rings. The van der Waals surface area contributed by atoms with Crippen molar-refractivity contribution in [2.24, 2.45) is 0 Å². The Morgan fingerprint density at radius 2 is 2.00 bits per heavy atom. The molecule has 2 N–H and O–H groups in total. The van der Waals surface area contributed by atoms with Crippen LogP contribution in [0.25, 0.3) is 21.8 Å². The number of rotatable bonds is 2. The van der Waals surface area contributed by atoms with Crippen LogP contribution in [-0.2, 0) is 4.74 Å². The van der Waals surface area contributed by atoms with Crippen LogP contribution in [0.15, 0.2) is 35.1 Å². The fourth-order valence-electron chi connectivity index (χ4n) is 2.18. The minimum Gasteiger partial charge on any atom is -0.461 e. The van der Waals surface area contributed by atoms with Crippen LogP contribution in [-0.4, -0.2) is 22.5 Å². The van der Waals surface area contributed by atoms with Crippen molar-refractivity contribution in [2.45, 2.75) is 6.92 Å². The summed E-state index contributed by atoms with van der Waals surface area (Å²) < 4.78 is 4.90. The van der Waals surface area contributed by atoms with Gasteiger partial charge in [0.25, 0.3) is 5.56 Å². The van der Waals surface area contributed by atoms with Crippen molar-refractivity contribution >= 4 is 27.8 Å². The molecule has 0 bridgehead atoms. The second-order valence-electron chi connectivity index (χ2n) is 4.19. The number of para-hydroxylation sites is 1. The van der Waals surface area contributed by atoms with Crippen molar-refractivity contribution < 1.29 is 9.53 Å². The Hall–Kier alpha value is -2.56. The number of carbonyl (C=O) groups excluding carboxylic acids is 1. The largest absolute Gasteiger partial charge is 0.461 e. The van der Waals surface area contributed by atoms with Gasteiger partial charge in [0.05, 0.1) is 6.61 Å². The molecule has 0 saturated heterocycles. The minimum absolute atomic E-state index is 0.170. The van der Waals surface area contributed by atoms with Crippen molar-refractivity contribution in [3.63, 3.8) is 0 Å². The third-order valence-electron chi connectivity index (χ3n) is 3.01. The standard InChI is InChI=1S/C14H12N2O3/c1-2-19-14(18)11-7-9-8-5-3-4-6-10(8)15-12(9)13(17)16-11/h3-7,15H,2H2,1H3,(H,16,17). The molecule has 0 aliphatic heterocycles. The summed E-state index contributed by atoms with van der Waals surface area (Å²) in [5.74, 6) is -0.521. The van der Waals surface area contributed by atoms with Crippen molar-refractivity contribution in [3.8, 4) is 0 Å². The molecule has 1 aromatic carbocycles. The van der Waals surface area contributed by atoms with Gasteiger partial charge in [0, 0.05) is 16.3 Å². The molecule has 5 nitrogen and oxygen atoms in total. The van der Waals surface area contributed by atoms with Gasteiger partial charge in [0.1, 0.15) is 11.2 Å². The normalized spacial score (nSPS) is 11.0. The number of nitrogens with one attached hydrogen (secondary N) is 2. The molecular weight excluding hydrogens is 244 g/mol. The van der Waals surface area contributed by atoms with E-state index in [-0.39, 0.29) is 17.9 Å². The third-order valence-corrected chi connectivity index (χ3v) is 3.01. The van der Waals surface area contributed by atoms with E-state index in [2.05, 4.69) is 9.97 Å². The van der Waals surface area contributed by atoms with Gasteiger partial charge in [-0.25, -0.2) is 4.79 Å². The Bertz CT molecular complexity index is 829. The van der Waals surface area contributed by atoms with E-state index in [1.165, 1.54) is 0 Å². The lowest BCUT2D eigenvalue weighted by Crippen LogP contribution is -2.15. The van der Waals surface area contributed by atoms with Gasteiger partial charge in [-0.3, -0.25) is 4.79 Å². The molecule has 3 rings (SSSR count). The first-order valence-electron chi connectivity index (χ1n) is 6.01. The fraction of sp³-hybridized carbons (Fsp3) is 0.143. The molecule has 0 radical (unpaired) electrons. The summed E-state index contributed by atoms with van der Waals surface area (Å²) in [5, 5.41) is 1.64. The van der Waals surface area contributed by atoms with E-state index in [0.29, 0.717) is 5.52 Å². The van der Waals surface area contributed by atoms with Crippen LogP contribution >= 0.6 is 0 Å². The fourth-order valence-corrected chi connectivity index (χ4v) is 2.18. The van der Waals surface area contributed by atoms with Crippen molar-refractivity contribution in [3.05, 3.63) is 46.4 Å². The highest BCUT2D eigenvalue weighted by molar-refractivity contribution is 6.08. The summed E-state index contributed by atoms with van der Waals surface area (Å²) in [4.78, 5) is 29.3. The van der Waals surface area contributed by atoms with Crippen LogP contribution in [0, 0.1) is 0 Å². The number of carbonyl (C=O) groups is 1. The molecule has 3 aromatic rings. The number of pyridine rings is 1. The predicted octanol–water partition coefficient (Wildman–Crippen LogP) is 2.19. The number of ether oxygens (including phenoxy) is 1. The van der Waals surface area contributed by atoms with Crippen molar-refractivity contribution in [1.29, 1.82) is 0 Å². The first-order valence-corrected chi connectivity index (χ1v) is 6.01. The maximum Gasteiger partial charge on any atom is 0.354 e. The summed E-state index contributed by atoms with van der Waals surface area (Å²) in [5.41, 5.74) is 1.18. The Kier molecular flexibility index (Phi) is 2.59. The molecule has 0 amide bonds. The lowest BCUT2D eigenvalue weighted by atomic mass is 10.1. The summed E-state index contributed by atoms with van der Waals surface area (Å²) in [6, 6.07) is 9.22. The summed E-state index contributed by atoms with van der Waals surface area (Å²) >= 11 is 0. The first-order chi connectivity index (χ1) is 9.20. The number of esters is 1. The van der Waals surface area contributed by atoms with Crippen molar-refractivity contribution in [2.75, 3.05) is 6.61 Å². The molecule has 0 saturated carbocycles. The van der Waals surface area contributed by atoms with Gasteiger partial charge in [-0.05, 0) is 19.1 Å². The number of hydrogen-bond donors (Lipinski definition) is 2. The number of fused-ring (bicyclic) bond motifs is 3. The second-order valence-corrected chi connectivity index (χ2v) is 4.19. The molecule has 2 heterocycles. The Morgan fingerprint density at radius 3 is 2.79 bits per heavy atom. The van der Waals surface area contributed by atoms with E-state index in [1.807, 2.05) is 24.3 Å². The summed E-state index contributed by atoms with van der Waals surface area (Å²) in [6.07, 6.45) is 0. The molecular formula is C14H12N2O3. The first kappa shape index (κ1) is 11.5. The molecule has 0 unspecified atom stereocenters. The maximum absolute atomic E-state index is 12.0. The molecule has 2 aromatic heterocycles. The van der Waals surface area contributed by atoms with E-state index in [9.17, 15) is 9.59 Å². The van der Waals surface area contributed by atoms with Gasteiger partial charge < -0.3 is 14.7 Å². The molecule has 0 spiro atoms. The van der Waals surface area contributed by atoms with E-state index in [0.717, 1.165) is 16.3 Å². The molecule has 96 valence electrons. The predicted molar refractivity (Wildman–Crippen MR) is 72.4 cm³/mol. The molecule has 0 aliphatic carbocycles. The molecule has 0 fully saturated rings. The average Bonchev–Trinajstić information content (AvgIpc) is 2.78. The van der Waals surface area contributed by atoms with Gasteiger partial charge in [0.2, 0.25) is 0 Å². The Labute approximate surface area is 108 Å². The lowest BCUT2D eigenvalue weighted by molar-refractivity contribution is 0.0519. The molecule has 0 atom stereocenters. The van der Waals surface area contributed by atoms with Crippen LogP contribution in [0.3, 0.4) is 0 Å². The highest BCUT2D eigenvalue weighted by Gasteiger charge is 2.13. The molecule has 5 heteroatoms. The zero-order chi connectivity index (χ0) is 13.4. The SMILES string of the molecule is CCOC(=O)c1cc2c([nH]c3ccccc32)c(=O)[nH]1. The zero-order valence-electron chi connectivity index (χ0n) is 10.3. The zero-order valence-corrected chi connectivity index (χ0v) is 10.3. The maximum atomic E-state index is 12.0. The number of hydrogen-bond acceptors (Lipinski definition) is 3. The number of aromatic nitrogens is 2. The smallest absolute Gasteiger partial charge is 0.354 e. The van der Waals surface area contributed by atoms with Gasteiger partial charge in [0.15, 0.2) is 0 Å². The topological polar surface area (TPSA) is 75.0 Å². The van der Waals surface area contributed by atoms with E-state index >= 15 is 0 Å². The third kappa shape index (κ3) is 1.79. The highest BCUT2D eigenvalue weighted by atomic mass is 16.5. The van der Waals surface area contributed by atoms with E-state index in [4.69, 9.17) is 4.74 Å². The van der Waals surface area contributed by atoms with Gasteiger partial charge >= 0.3 is 5.97 Å². The van der Waals surface area contributed by atoms with E-state index < -0.39 is 5.97 Å².